The van der Waals surface area contributed by atoms with Gasteiger partial charge in [0, 0.05) is 32.4 Å². The van der Waals surface area contributed by atoms with Crippen LogP contribution < -0.4 is 11.1 Å². The minimum absolute atomic E-state index is 0.101. The van der Waals surface area contributed by atoms with Crippen LogP contribution in [0.1, 0.15) is 36.2 Å². The Labute approximate surface area is 120 Å². The molecule has 6 heteroatoms. The number of aromatic nitrogens is 2. The van der Waals surface area contributed by atoms with E-state index in [4.69, 9.17) is 5.73 Å². The fraction of sp³-hybridized carbons (Fsp3) is 0.714. The molecular formula is C14H25N5O. The number of carbonyl (C=O) groups excluding carboxylic acids is 1. The minimum atomic E-state index is -0.101. The third kappa shape index (κ3) is 4.61. The molecule has 0 saturated carbocycles. The van der Waals surface area contributed by atoms with E-state index in [1.807, 2.05) is 4.57 Å². The minimum Gasteiger partial charge on any atom is -0.349 e. The Hall–Kier alpha value is -1.40. The van der Waals surface area contributed by atoms with Gasteiger partial charge in [0.2, 0.25) is 0 Å². The number of nitrogens with one attached hydrogen (secondary N) is 1. The number of hydrogen-bond donors (Lipinski definition) is 2. The first-order valence-corrected chi connectivity index (χ1v) is 7.52. The zero-order chi connectivity index (χ0) is 14.2. The van der Waals surface area contributed by atoms with E-state index in [0.717, 1.165) is 19.6 Å². The molecule has 1 aliphatic heterocycles. The molecule has 0 aliphatic carbocycles. The fourth-order valence-electron chi connectivity index (χ4n) is 2.53. The zero-order valence-corrected chi connectivity index (χ0v) is 12.1. The summed E-state index contributed by atoms with van der Waals surface area (Å²) >= 11 is 0. The predicted octanol–water partition coefficient (Wildman–Crippen LogP) is 0.448. The van der Waals surface area contributed by atoms with Gasteiger partial charge in [0.1, 0.15) is 5.69 Å². The quantitative estimate of drug-likeness (QED) is 0.792. The van der Waals surface area contributed by atoms with E-state index in [9.17, 15) is 4.79 Å². The number of rotatable bonds is 6. The molecule has 1 saturated heterocycles. The largest absolute Gasteiger partial charge is 0.349 e. The van der Waals surface area contributed by atoms with E-state index in [1.54, 1.807) is 12.5 Å². The van der Waals surface area contributed by atoms with Gasteiger partial charge in [-0.3, -0.25) is 4.79 Å². The summed E-state index contributed by atoms with van der Waals surface area (Å²) in [4.78, 5) is 18.5. The SMILES string of the molecule is NCCn1cnc(C(=O)NCCN2CCCCCC2)c1. The van der Waals surface area contributed by atoms with E-state index in [2.05, 4.69) is 15.2 Å². The van der Waals surface area contributed by atoms with Crippen molar-refractivity contribution in [3.8, 4) is 0 Å². The van der Waals surface area contributed by atoms with Crippen molar-refractivity contribution >= 4 is 5.91 Å². The second kappa shape index (κ2) is 8.01. The normalized spacial score (nSPS) is 16.9. The van der Waals surface area contributed by atoms with Crippen LogP contribution in [0.4, 0.5) is 0 Å². The first-order valence-electron chi connectivity index (χ1n) is 7.52. The maximum atomic E-state index is 11.9. The average Bonchev–Trinajstić information content (AvgIpc) is 2.75. The van der Waals surface area contributed by atoms with Crippen molar-refractivity contribution in [3.05, 3.63) is 18.2 Å². The maximum absolute atomic E-state index is 11.9. The van der Waals surface area contributed by atoms with Gasteiger partial charge in [-0.1, -0.05) is 12.8 Å². The molecule has 3 N–H and O–H groups in total. The highest BCUT2D eigenvalue weighted by atomic mass is 16.1. The second-order valence-electron chi connectivity index (χ2n) is 5.30. The number of nitrogens with two attached hydrogens (primary N) is 1. The summed E-state index contributed by atoms with van der Waals surface area (Å²) in [6.45, 7) is 5.15. The van der Waals surface area contributed by atoms with Crippen LogP contribution in [-0.4, -0.2) is 53.1 Å². The highest BCUT2D eigenvalue weighted by Gasteiger charge is 2.11. The number of imidazole rings is 1. The third-order valence-corrected chi connectivity index (χ3v) is 3.67. The third-order valence-electron chi connectivity index (χ3n) is 3.67. The summed E-state index contributed by atoms with van der Waals surface area (Å²) in [5.41, 5.74) is 5.93. The molecule has 1 aromatic rings. The Kier molecular flexibility index (Phi) is 6.01. The van der Waals surface area contributed by atoms with Gasteiger partial charge in [-0.05, 0) is 25.9 Å². The van der Waals surface area contributed by atoms with E-state index >= 15 is 0 Å². The monoisotopic (exact) mass is 279 g/mol. The summed E-state index contributed by atoms with van der Waals surface area (Å²) in [5, 5.41) is 2.93. The van der Waals surface area contributed by atoms with Crippen molar-refractivity contribution in [3.63, 3.8) is 0 Å². The Morgan fingerprint density at radius 3 is 2.70 bits per heavy atom. The van der Waals surface area contributed by atoms with Crippen molar-refractivity contribution in [1.29, 1.82) is 0 Å². The zero-order valence-electron chi connectivity index (χ0n) is 12.1. The summed E-state index contributed by atoms with van der Waals surface area (Å²) in [6.07, 6.45) is 8.61. The smallest absolute Gasteiger partial charge is 0.271 e. The molecule has 1 fully saturated rings. The lowest BCUT2D eigenvalue weighted by molar-refractivity contribution is 0.0944. The van der Waals surface area contributed by atoms with Crippen molar-refractivity contribution in [2.75, 3.05) is 32.7 Å². The van der Waals surface area contributed by atoms with Crippen LogP contribution in [0.2, 0.25) is 0 Å². The average molecular weight is 279 g/mol. The summed E-state index contributed by atoms with van der Waals surface area (Å²) < 4.78 is 1.84. The van der Waals surface area contributed by atoms with Crippen LogP contribution in [0.25, 0.3) is 0 Å². The molecule has 2 rings (SSSR count). The van der Waals surface area contributed by atoms with Gasteiger partial charge in [-0.15, -0.1) is 0 Å². The molecule has 0 spiro atoms. The van der Waals surface area contributed by atoms with Crippen LogP contribution in [0.15, 0.2) is 12.5 Å². The first-order chi connectivity index (χ1) is 9.79. The summed E-state index contributed by atoms with van der Waals surface area (Å²) in [5.74, 6) is -0.101. The van der Waals surface area contributed by atoms with E-state index in [-0.39, 0.29) is 5.91 Å². The van der Waals surface area contributed by atoms with Crippen LogP contribution >= 0.6 is 0 Å². The van der Waals surface area contributed by atoms with Gasteiger partial charge in [-0.25, -0.2) is 4.98 Å². The Balaban J connectivity index is 1.71. The summed E-state index contributed by atoms with van der Waals surface area (Å²) in [7, 11) is 0. The lowest BCUT2D eigenvalue weighted by Gasteiger charge is -2.19. The van der Waals surface area contributed by atoms with Crippen molar-refractivity contribution < 1.29 is 4.79 Å². The number of amides is 1. The fourth-order valence-corrected chi connectivity index (χ4v) is 2.53. The first kappa shape index (κ1) is 15.0. The van der Waals surface area contributed by atoms with Crippen molar-refractivity contribution in [2.24, 2.45) is 5.73 Å². The lowest BCUT2D eigenvalue weighted by atomic mass is 10.2. The Bertz CT molecular complexity index is 409. The molecule has 6 nitrogen and oxygen atoms in total. The molecular weight excluding hydrogens is 254 g/mol. The Morgan fingerprint density at radius 2 is 2.00 bits per heavy atom. The van der Waals surface area contributed by atoms with Gasteiger partial charge in [0.05, 0.1) is 6.33 Å². The summed E-state index contributed by atoms with van der Waals surface area (Å²) in [6, 6.07) is 0. The van der Waals surface area contributed by atoms with Gasteiger partial charge in [-0.2, -0.15) is 0 Å². The van der Waals surface area contributed by atoms with E-state index in [0.29, 0.717) is 25.3 Å². The second-order valence-corrected chi connectivity index (χ2v) is 5.30. The highest BCUT2D eigenvalue weighted by Crippen LogP contribution is 2.08. The standard InChI is InChI=1S/C14H25N5O/c15-5-9-19-11-13(17-12-19)14(20)16-6-10-18-7-3-1-2-4-8-18/h11-12H,1-10,15H2,(H,16,20). The molecule has 2 heterocycles. The van der Waals surface area contributed by atoms with Gasteiger partial charge in [0.25, 0.3) is 5.91 Å². The van der Waals surface area contributed by atoms with Crippen molar-refractivity contribution in [1.82, 2.24) is 19.8 Å². The van der Waals surface area contributed by atoms with Crippen LogP contribution in [0.3, 0.4) is 0 Å². The molecule has 0 aromatic carbocycles. The number of carbonyl (C=O) groups is 1. The molecule has 112 valence electrons. The number of hydrogen-bond acceptors (Lipinski definition) is 4. The molecule has 0 unspecified atom stereocenters. The van der Waals surface area contributed by atoms with E-state index < -0.39 is 0 Å². The number of likely N-dealkylation sites (tertiary alicyclic amines) is 1. The van der Waals surface area contributed by atoms with Crippen LogP contribution in [-0.2, 0) is 6.54 Å². The van der Waals surface area contributed by atoms with Crippen molar-refractivity contribution in [2.45, 2.75) is 32.2 Å². The predicted molar refractivity (Wildman–Crippen MR) is 78.5 cm³/mol. The molecule has 1 aliphatic rings. The molecule has 0 bridgehead atoms. The van der Waals surface area contributed by atoms with Gasteiger partial charge >= 0.3 is 0 Å². The van der Waals surface area contributed by atoms with Crippen LogP contribution in [0.5, 0.6) is 0 Å². The molecule has 1 amide bonds. The van der Waals surface area contributed by atoms with Gasteiger partial charge in [0.15, 0.2) is 0 Å². The molecule has 0 atom stereocenters. The Morgan fingerprint density at radius 1 is 1.25 bits per heavy atom. The topological polar surface area (TPSA) is 76.2 Å². The molecule has 0 radical (unpaired) electrons. The lowest BCUT2D eigenvalue weighted by Crippen LogP contribution is -2.35. The number of nitrogens with zero attached hydrogens (tertiary/aromatic N) is 3. The van der Waals surface area contributed by atoms with Crippen LogP contribution in [0, 0.1) is 0 Å². The highest BCUT2D eigenvalue weighted by molar-refractivity contribution is 5.91. The molecule has 20 heavy (non-hydrogen) atoms. The molecule has 1 aromatic heterocycles. The maximum Gasteiger partial charge on any atom is 0.271 e. The van der Waals surface area contributed by atoms with Gasteiger partial charge < -0.3 is 20.5 Å². The van der Waals surface area contributed by atoms with E-state index in [1.165, 1.54) is 25.7 Å².